The van der Waals surface area contributed by atoms with Crippen LogP contribution < -0.4 is 19.5 Å². The van der Waals surface area contributed by atoms with Gasteiger partial charge < -0.3 is 24.3 Å². The number of nitrogens with zero attached hydrogens (tertiary/aromatic N) is 4. The molecule has 1 N–H and O–H groups in total. The van der Waals surface area contributed by atoms with Crippen molar-refractivity contribution < 1.29 is 28.5 Å². The van der Waals surface area contributed by atoms with E-state index in [9.17, 15) is 9.59 Å². The van der Waals surface area contributed by atoms with Gasteiger partial charge >= 0.3 is 5.97 Å². The number of rotatable bonds is 7. The van der Waals surface area contributed by atoms with Crippen LogP contribution in [-0.4, -0.2) is 53.4 Å². The molecule has 2 aromatic carbocycles. The van der Waals surface area contributed by atoms with Crippen LogP contribution in [0.5, 0.6) is 17.2 Å². The Morgan fingerprint density at radius 1 is 1.13 bits per heavy atom. The Balaban J connectivity index is 1.54. The number of esters is 1. The van der Waals surface area contributed by atoms with Crippen LogP contribution in [0.15, 0.2) is 36.7 Å². The number of hydrogen-bond donors (Lipinski definition) is 1. The third-order valence-corrected chi connectivity index (χ3v) is 4.81. The molecule has 2 heterocycles. The molecule has 0 fully saturated rings. The molecule has 3 aromatic rings. The highest BCUT2D eigenvalue weighted by Gasteiger charge is 2.36. The van der Waals surface area contributed by atoms with E-state index in [0.29, 0.717) is 28.4 Å². The number of carbonyl (C=O) groups is 2. The minimum Gasteiger partial charge on any atom is -0.494 e. The second-order valence-corrected chi connectivity index (χ2v) is 6.55. The average molecular weight is 425 g/mol. The highest BCUT2D eigenvalue weighted by Crippen LogP contribution is 2.43. The quantitative estimate of drug-likeness (QED) is 0.565. The Labute approximate surface area is 176 Å². The molecule has 11 nitrogen and oxygen atoms in total. The van der Waals surface area contributed by atoms with Gasteiger partial charge in [0.15, 0.2) is 11.5 Å². The van der Waals surface area contributed by atoms with Crippen molar-refractivity contribution in [2.75, 3.05) is 26.6 Å². The van der Waals surface area contributed by atoms with Crippen molar-refractivity contribution in [1.82, 2.24) is 20.2 Å². The number of benzene rings is 2. The van der Waals surface area contributed by atoms with E-state index < -0.39 is 12.1 Å². The Morgan fingerprint density at radius 2 is 1.90 bits per heavy atom. The number of anilines is 1. The first-order valence-corrected chi connectivity index (χ1v) is 9.22. The number of fused-ring (bicyclic) bond motifs is 1. The van der Waals surface area contributed by atoms with Crippen molar-refractivity contribution in [3.05, 3.63) is 47.8 Å². The van der Waals surface area contributed by atoms with E-state index in [1.54, 1.807) is 30.3 Å². The zero-order chi connectivity index (χ0) is 22.0. The van der Waals surface area contributed by atoms with Crippen molar-refractivity contribution in [2.45, 2.75) is 12.5 Å². The molecule has 0 radical (unpaired) electrons. The predicted octanol–water partition coefficient (Wildman–Crippen LogP) is 1.93. The van der Waals surface area contributed by atoms with E-state index in [4.69, 9.17) is 18.9 Å². The maximum Gasteiger partial charge on any atom is 0.343 e. The molecular formula is C20H19N5O6. The maximum absolute atomic E-state index is 12.7. The first kappa shape index (κ1) is 20.1. The molecule has 1 atom stereocenters. The van der Waals surface area contributed by atoms with Gasteiger partial charge in [0.1, 0.15) is 29.4 Å². The highest BCUT2D eigenvalue weighted by molar-refractivity contribution is 5.99. The number of aromatic nitrogens is 4. The summed E-state index contributed by atoms with van der Waals surface area (Å²) in [4.78, 5) is 25.1. The van der Waals surface area contributed by atoms with Gasteiger partial charge in [-0.2, -0.15) is 4.68 Å². The van der Waals surface area contributed by atoms with Gasteiger partial charge in [0.05, 0.1) is 27.8 Å². The fourth-order valence-corrected chi connectivity index (χ4v) is 3.42. The predicted molar refractivity (Wildman–Crippen MR) is 107 cm³/mol. The van der Waals surface area contributed by atoms with Crippen LogP contribution in [0.4, 0.5) is 5.69 Å². The van der Waals surface area contributed by atoms with Gasteiger partial charge in [-0.15, -0.1) is 5.10 Å². The van der Waals surface area contributed by atoms with Crippen LogP contribution in [0.25, 0.3) is 5.69 Å². The lowest BCUT2D eigenvalue weighted by atomic mass is 10.0. The van der Waals surface area contributed by atoms with Crippen LogP contribution in [0.2, 0.25) is 0 Å². The summed E-state index contributed by atoms with van der Waals surface area (Å²) in [6, 6.07) is 8.42. The number of cyclic esters (lactones) is 1. The van der Waals surface area contributed by atoms with Crippen LogP contribution in [0, 0.1) is 0 Å². The van der Waals surface area contributed by atoms with Crippen molar-refractivity contribution in [1.29, 1.82) is 0 Å². The number of nitrogens with one attached hydrogen (secondary N) is 1. The van der Waals surface area contributed by atoms with E-state index in [2.05, 4.69) is 20.8 Å². The molecule has 1 aromatic heterocycles. The molecule has 1 amide bonds. The lowest BCUT2D eigenvalue weighted by molar-refractivity contribution is -0.118. The van der Waals surface area contributed by atoms with Gasteiger partial charge in [-0.3, -0.25) is 4.79 Å². The van der Waals surface area contributed by atoms with Crippen molar-refractivity contribution in [3.8, 4) is 22.9 Å². The Kier molecular flexibility index (Phi) is 5.39. The third kappa shape index (κ3) is 3.72. The Morgan fingerprint density at radius 3 is 2.58 bits per heavy atom. The third-order valence-electron chi connectivity index (χ3n) is 4.81. The summed E-state index contributed by atoms with van der Waals surface area (Å²) in [7, 11) is 4.45. The normalized spacial score (nSPS) is 14.5. The lowest BCUT2D eigenvalue weighted by Gasteiger charge is -2.14. The van der Waals surface area contributed by atoms with Crippen LogP contribution in [-0.2, 0) is 9.53 Å². The summed E-state index contributed by atoms with van der Waals surface area (Å²) in [5.41, 5.74) is 1.90. The smallest absolute Gasteiger partial charge is 0.343 e. The summed E-state index contributed by atoms with van der Waals surface area (Å²) in [5.74, 6) is 0.332. The molecule has 0 unspecified atom stereocenters. The van der Waals surface area contributed by atoms with Gasteiger partial charge in [0.25, 0.3) is 0 Å². The van der Waals surface area contributed by atoms with Gasteiger partial charge in [-0.1, -0.05) is 6.07 Å². The van der Waals surface area contributed by atoms with Crippen LogP contribution in [0.3, 0.4) is 0 Å². The maximum atomic E-state index is 12.7. The molecule has 0 aliphatic carbocycles. The molecule has 31 heavy (non-hydrogen) atoms. The van der Waals surface area contributed by atoms with E-state index in [1.807, 2.05) is 0 Å². The SMILES string of the molecule is COc1ccc(NC(=O)C[C@@H]2OC(=O)c3c2ccc(OC)c3OC)cc1-n1cnnn1. The number of tetrazole rings is 1. The van der Waals surface area contributed by atoms with Gasteiger partial charge in [-0.25, -0.2) is 4.79 Å². The number of methoxy groups -OCH3 is 3. The van der Waals surface area contributed by atoms with E-state index in [-0.39, 0.29) is 23.6 Å². The number of carbonyl (C=O) groups excluding carboxylic acids is 2. The topological polar surface area (TPSA) is 127 Å². The van der Waals surface area contributed by atoms with Crippen molar-refractivity contribution in [3.63, 3.8) is 0 Å². The molecule has 11 heteroatoms. The zero-order valence-electron chi connectivity index (χ0n) is 17.0. The van der Waals surface area contributed by atoms with Gasteiger partial charge in [0, 0.05) is 11.3 Å². The highest BCUT2D eigenvalue weighted by atomic mass is 16.6. The molecule has 1 aliphatic rings. The first-order chi connectivity index (χ1) is 15.0. The zero-order valence-corrected chi connectivity index (χ0v) is 17.0. The number of hydrogen-bond acceptors (Lipinski definition) is 9. The molecule has 0 saturated heterocycles. The molecule has 0 bridgehead atoms. The van der Waals surface area contributed by atoms with Crippen molar-refractivity contribution in [2.24, 2.45) is 0 Å². The molecule has 0 saturated carbocycles. The monoisotopic (exact) mass is 425 g/mol. The summed E-state index contributed by atoms with van der Waals surface area (Å²) in [5, 5.41) is 13.9. The summed E-state index contributed by atoms with van der Waals surface area (Å²) < 4.78 is 22.7. The van der Waals surface area contributed by atoms with E-state index >= 15 is 0 Å². The van der Waals surface area contributed by atoms with Gasteiger partial charge in [-0.05, 0) is 34.7 Å². The van der Waals surface area contributed by atoms with Crippen molar-refractivity contribution >= 4 is 17.6 Å². The van der Waals surface area contributed by atoms with E-state index in [1.165, 1.54) is 32.3 Å². The molecule has 160 valence electrons. The molecule has 1 aliphatic heterocycles. The average Bonchev–Trinajstić information content (AvgIpc) is 3.41. The Hall–Kier alpha value is -4.15. The first-order valence-electron chi connectivity index (χ1n) is 9.22. The Bertz CT molecular complexity index is 1130. The molecule has 0 spiro atoms. The number of ether oxygens (including phenoxy) is 4. The second-order valence-electron chi connectivity index (χ2n) is 6.55. The number of amides is 1. The fourth-order valence-electron chi connectivity index (χ4n) is 3.42. The second kappa shape index (κ2) is 8.30. The fraction of sp³-hybridized carbons (Fsp3) is 0.250. The summed E-state index contributed by atoms with van der Waals surface area (Å²) in [6.07, 6.45) is 0.611. The summed E-state index contributed by atoms with van der Waals surface area (Å²) >= 11 is 0. The standard InChI is InChI=1S/C20H19N5O6/c1-28-14-6-4-11(8-13(14)25-10-21-23-24-25)22-17(26)9-16-12-5-7-15(29-2)19(30-3)18(12)20(27)31-16/h4-8,10,16H,9H2,1-3H3,(H,22,26)/t16-/m0/s1. The van der Waals surface area contributed by atoms with Crippen LogP contribution >= 0.6 is 0 Å². The van der Waals surface area contributed by atoms with Gasteiger partial charge in [0.2, 0.25) is 5.91 Å². The minimum absolute atomic E-state index is 0.0690. The largest absolute Gasteiger partial charge is 0.494 e. The lowest BCUT2D eigenvalue weighted by Crippen LogP contribution is -2.16. The molecule has 4 rings (SSSR count). The van der Waals surface area contributed by atoms with E-state index in [0.717, 1.165) is 0 Å². The molecular weight excluding hydrogens is 406 g/mol. The summed E-state index contributed by atoms with van der Waals surface area (Å²) in [6.45, 7) is 0. The van der Waals surface area contributed by atoms with Crippen LogP contribution in [0.1, 0.15) is 28.4 Å². The minimum atomic E-state index is -0.737.